The van der Waals surface area contributed by atoms with Gasteiger partial charge in [-0.2, -0.15) is 0 Å². The number of imidazole rings is 1. The van der Waals surface area contributed by atoms with Crippen molar-refractivity contribution in [1.82, 2.24) is 9.55 Å². The van der Waals surface area contributed by atoms with E-state index in [2.05, 4.69) is 11.9 Å². The number of aromatic nitrogens is 2. The van der Waals surface area contributed by atoms with Gasteiger partial charge in [-0.05, 0) is 24.6 Å². The van der Waals surface area contributed by atoms with Gasteiger partial charge in [0.15, 0.2) is 11.6 Å². The minimum Gasteiger partial charge on any atom is -0.323 e. The standard InChI is InChI=1S/C17H16F2N2/c1-2-6-16-20-14-9-3-4-10-15(14)21(16)11-12-7-5-8-13(18)17(12)19/h3-5,7-10H,2,6,11H2,1H3. The van der Waals surface area contributed by atoms with E-state index >= 15 is 0 Å². The number of aryl methyl sites for hydroxylation is 1. The van der Waals surface area contributed by atoms with Gasteiger partial charge in [0, 0.05) is 12.0 Å². The molecule has 0 unspecified atom stereocenters. The highest BCUT2D eigenvalue weighted by Gasteiger charge is 2.13. The summed E-state index contributed by atoms with van der Waals surface area (Å²) in [6.45, 7) is 2.37. The number of rotatable bonds is 4. The van der Waals surface area contributed by atoms with Crippen LogP contribution in [0.4, 0.5) is 8.78 Å². The maximum Gasteiger partial charge on any atom is 0.163 e. The fraction of sp³-hybridized carbons (Fsp3) is 0.235. The molecule has 21 heavy (non-hydrogen) atoms. The van der Waals surface area contributed by atoms with Gasteiger partial charge in [-0.25, -0.2) is 13.8 Å². The molecular formula is C17H16F2N2. The Morgan fingerprint density at radius 2 is 1.86 bits per heavy atom. The number of hydrogen-bond donors (Lipinski definition) is 0. The average molecular weight is 286 g/mol. The number of fused-ring (bicyclic) bond motifs is 1. The first kappa shape index (κ1) is 13.7. The lowest BCUT2D eigenvalue weighted by Gasteiger charge is -2.10. The van der Waals surface area contributed by atoms with E-state index in [0.29, 0.717) is 12.1 Å². The third-order valence-electron chi connectivity index (χ3n) is 3.57. The van der Waals surface area contributed by atoms with Crippen molar-refractivity contribution in [3.05, 3.63) is 65.5 Å². The molecule has 0 saturated heterocycles. The maximum absolute atomic E-state index is 13.9. The summed E-state index contributed by atoms with van der Waals surface area (Å²) in [5.74, 6) is -0.686. The Morgan fingerprint density at radius 1 is 1.05 bits per heavy atom. The quantitative estimate of drug-likeness (QED) is 0.698. The van der Waals surface area contributed by atoms with Crippen molar-refractivity contribution in [3.8, 4) is 0 Å². The third kappa shape index (κ3) is 2.53. The summed E-state index contributed by atoms with van der Waals surface area (Å²) in [4.78, 5) is 4.60. The lowest BCUT2D eigenvalue weighted by Crippen LogP contribution is -2.07. The zero-order chi connectivity index (χ0) is 14.8. The Balaban J connectivity index is 2.10. The van der Waals surface area contributed by atoms with Crippen LogP contribution in [0.15, 0.2) is 42.5 Å². The molecule has 0 aliphatic heterocycles. The van der Waals surface area contributed by atoms with Crippen molar-refractivity contribution in [1.29, 1.82) is 0 Å². The molecule has 0 atom stereocenters. The molecular weight excluding hydrogens is 270 g/mol. The number of halogens is 2. The van der Waals surface area contributed by atoms with Crippen LogP contribution in [-0.4, -0.2) is 9.55 Å². The highest BCUT2D eigenvalue weighted by molar-refractivity contribution is 5.76. The Hall–Kier alpha value is -2.23. The summed E-state index contributed by atoms with van der Waals surface area (Å²) >= 11 is 0. The van der Waals surface area contributed by atoms with Gasteiger partial charge >= 0.3 is 0 Å². The normalized spacial score (nSPS) is 11.2. The Bertz CT molecular complexity index is 778. The van der Waals surface area contributed by atoms with E-state index in [9.17, 15) is 8.78 Å². The minimum absolute atomic E-state index is 0.291. The van der Waals surface area contributed by atoms with E-state index in [1.807, 2.05) is 28.8 Å². The summed E-state index contributed by atoms with van der Waals surface area (Å²) in [6, 6.07) is 12.0. The molecule has 1 heterocycles. The zero-order valence-electron chi connectivity index (χ0n) is 11.8. The van der Waals surface area contributed by atoms with Crippen LogP contribution in [0.3, 0.4) is 0 Å². The fourth-order valence-corrected chi connectivity index (χ4v) is 2.56. The van der Waals surface area contributed by atoms with Gasteiger partial charge < -0.3 is 4.57 Å². The van der Waals surface area contributed by atoms with Crippen LogP contribution in [0.25, 0.3) is 11.0 Å². The molecule has 0 N–H and O–H groups in total. The van der Waals surface area contributed by atoms with Crippen molar-refractivity contribution in [2.45, 2.75) is 26.3 Å². The Labute approximate surface area is 122 Å². The highest BCUT2D eigenvalue weighted by atomic mass is 19.2. The molecule has 2 aromatic carbocycles. The predicted octanol–water partition coefficient (Wildman–Crippen LogP) is 4.32. The number of nitrogens with zero attached hydrogens (tertiary/aromatic N) is 2. The molecule has 2 nitrogen and oxygen atoms in total. The van der Waals surface area contributed by atoms with Crippen molar-refractivity contribution >= 4 is 11.0 Å². The number of para-hydroxylation sites is 2. The fourth-order valence-electron chi connectivity index (χ4n) is 2.56. The molecule has 0 amide bonds. The zero-order valence-corrected chi connectivity index (χ0v) is 11.8. The van der Waals surface area contributed by atoms with E-state index in [1.54, 1.807) is 6.07 Å². The summed E-state index contributed by atoms with van der Waals surface area (Å²) in [5.41, 5.74) is 2.18. The number of hydrogen-bond acceptors (Lipinski definition) is 1. The summed E-state index contributed by atoms with van der Waals surface area (Å²) < 4.78 is 29.2. The summed E-state index contributed by atoms with van der Waals surface area (Å²) in [6.07, 6.45) is 1.76. The molecule has 0 aliphatic rings. The van der Waals surface area contributed by atoms with E-state index in [-0.39, 0.29) is 0 Å². The van der Waals surface area contributed by atoms with Crippen LogP contribution in [0.5, 0.6) is 0 Å². The van der Waals surface area contributed by atoms with Crippen LogP contribution in [0, 0.1) is 11.6 Å². The first-order valence-corrected chi connectivity index (χ1v) is 7.07. The minimum atomic E-state index is -0.811. The average Bonchev–Trinajstić information content (AvgIpc) is 2.82. The lowest BCUT2D eigenvalue weighted by molar-refractivity contribution is 0.495. The van der Waals surface area contributed by atoms with Gasteiger partial charge in [0.2, 0.25) is 0 Å². The third-order valence-corrected chi connectivity index (χ3v) is 3.57. The number of benzene rings is 2. The van der Waals surface area contributed by atoms with Gasteiger partial charge in [0.05, 0.1) is 17.6 Å². The Kier molecular flexibility index (Phi) is 3.69. The topological polar surface area (TPSA) is 17.8 Å². The van der Waals surface area contributed by atoms with Crippen LogP contribution in [0.2, 0.25) is 0 Å². The summed E-state index contributed by atoms with van der Waals surface area (Å²) in [5, 5.41) is 0. The SMILES string of the molecule is CCCc1nc2ccccc2n1Cc1cccc(F)c1F. The van der Waals surface area contributed by atoms with Crippen LogP contribution in [0.1, 0.15) is 24.7 Å². The first-order chi connectivity index (χ1) is 10.2. The van der Waals surface area contributed by atoms with Gasteiger partial charge in [-0.3, -0.25) is 0 Å². The molecule has 4 heteroatoms. The molecule has 0 spiro atoms. The smallest absolute Gasteiger partial charge is 0.163 e. The molecule has 1 aromatic heterocycles. The van der Waals surface area contributed by atoms with Gasteiger partial charge in [-0.1, -0.05) is 31.2 Å². The predicted molar refractivity (Wildman–Crippen MR) is 79.2 cm³/mol. The molecule has 0 fully saturated rings. The molecule has 108 valence electrons. The monoisotopic (exact) mass is 286 g/mol. The molecule has 3 aromatic rings. The second-order valence-electron chi connectivity index (χ2n) is 5.07. The van der Waals surface area contributed by atoms with Crippen molar-refractivity contribution in [3.63, 3.8) is 0 Å². The first-order valence-electron chi connectivity index (χ1n) is 7.07. The van der Waals surface area contributed by atoms with Gasteiger partial charge in [0.1, 0.15) is 5.82 Å². The molecule has 0 bridgehead atoms. The van der Waals surface area contributed by atoms with Crippen molar-refractivity contribution in [2.24, 2.45) is 0 Å². The lowest BCUT2D eigenvalue weighted by atomic mass is 10.2. The van der Waals surface area contributed by atoms with E-state index in [0.717, 1.165) is 35.8 Å². The van der Waals surface area contributed by atoms with Crippen molar-refractivity contribution < 1.29 is 8.78 Å². The van der Waals surface area contributed by atoms with Crippen LogP contribution < -0.4 is 0 Å². The summed E-state index contributed by atoms with van der Waals surface area (Å²) in [7, 11) is 0. The molecule has 0 aliphatic carbocycles. The molecule has 0 saturated carbocycles. The largest absolute Gasteiger partial charge is 0.323 e. The van der Waals surface area contributed by atoms with Crippen LogP contribution >= 0.6 is 0 Å². The molecule has 0 radical (unpaired) electrons. The molecule has 3 rings (SSSR count). The second kappa shape index (κ2) is 5.64. The second-order valence-corrected chi connectivity index (χ2v) is 5.07. The van der Waals surface area contributed by atoms with Crippen LogP contribution in [-0.2, 0) is 13.0 Å². The van der Waals surface area contributed by atoms with E-state index in [4.69, 9.17) is 0 Å². The maximum atomic E-state index is 13.9. The van der Waals surface area contributed by atoms with Crippen molar-refractivity contribution in [2.75, 3.05) is 0 Å². The van der Waals surface area contributed by atoms with E-state index in [1.165, 1.54) is 6.07 Å². The van der Waals surface area contributed by atoms with E-state index < -0.39 is 11.6 Å². The van der Waals surface area contributed by atoms with Gasteiger partial charge in [-0.15, -0.1) is 0 Å². The van der Waals surface area contributed by atoms with Gasteiger partial charge in [0.25, 0.3) is 0 Å². The highest BCUT2D eigenvalue weighted by Crippen LogP contribution is 2.20. The Morgan fingerprint density at radius 3 is 2.67 bits per heavy atom.